The molecule has 5 nitrogen and oxygen atoms in total. The lowest BCUT2D eigenvalue weighted by Gasteiger charge is -2.37. The largest absolute Gasteiger partial charge is 0.507 e. The average Bonchev–Trinajstić information content (AvgIpc) is 3.32. The van der Waals surface area contributed by atoms with Crippen LogP contribution in [0.2, 0.25) is 0 Å². The third kappa shape index (κ3) is 1.49. The normalized spacial score (nSPS) is 39.4. The van der Waals surface area contributed by atoms with Gasteiger partial charge in [-0.05, 0) is 42.2 Å². The number of carbonyl (C=O) groups is 3. The minimum Gasteiger partial charge on any atom is -0.507 e. The molecule has 2 saturated carbocycles. The summed E-state index contributed by atoms with van der Waals surface area (Å²) in [6.07, 6.45) is 5.22. The van der Waals surface area contributed by atoms with E-state index in [1.165, 1.54) is 12.1 Å². The van der Waals surface area contributed by atoms with Crippen LogP contribution in [0.3, 0.4) is 0 Å². The maximum Gasteiger partial charge on any atom is 0.271 e. The maximum atomic E-state index is 12.8. The van der Waals surface area contributed by atoms with E-state index in [-0.39, 0.29) is 23.1 Å². The number of para-hydroxylation sites is 1. The Bertz CT molecular complexity index is 762. The summed E-state index contributed by atoms with van der Waals surface area (Å²) in [5, 5.41) is 9.86. The molecule has 1 N–H and O–H groups in total. The first-order valence-electron chi connectivity index (χ1n) is 7.98. The summed E-state index contributed by atoms with van der Waals surface area (Å²) in [5.74, 6) is -1.30. The van der Waals surface area contributed by atoms with Crippen molar-refractivity contribution in [2.45, 2.75) is 6.42 Å². The molecule has 4 aliphatic carbocycles. The van der Waals surface area contributed by atoms with Crippen LogP contribution < -0.4 is 0 Å². The second kappa shape index (κ2) is 4.10. The first-order chi connectivity index (χ1) is 11.1. The number of likely N-dealkylation sites (tertiary alicyclic amines) is 1. The lowest BCUT2D eigenvalue weighted by molar-refractivity contribution is -0.136. The number of nitrogens with zero attached hydrogens (tertiary/aromatic N) is 1. The summed E-state index contributed by atoms with van der Waals surface area (Å²) in [5.41, 5.74) is -0.00156. The summed E-state index contributed by atoms with van der Waals surface area (Å²) in [6.45, 7) is 0. The van der Waals surface area contributed by atoms with Gasteiger partial charge in [-0.15, -0.1) is 0 Å². The molecular weight excluding hydrogens is 294 g/mol. The number of carbonyl (C=O) groups excluding carboxylic acids is 3. The van der Waals surface area contributed by atoms with E-state index in [1.54, 1.807) is 12.1 Å². The highest BCUT2D eigenvalue weighted by molar-refractivity contribution is 6.22. The van der Waals surface area contributed by atoms with Gasteiger partial charge in [-0.3, -0.25) is 14.4 Å². The van der Waals surface area contributed by atoms with E-state index in [1.807, 2.05) is 0 Å². The molecule has 0 aromatic heterocycles. The molecule has 6 atom stereocenters. The summed E-state index contributed by atoms with van der Waals surface area (Å²) >= 11 is 0. The Morgan fingerprint density at radius 1 is 1.00 bits per heavy atom. The van der Waals surface area contributed by atoms with E-state index in [0.29, 0.717) is 11.8 Å². The van der Waals surface area contributed by atoms with E-state index in [0.717, 1.165) is 11.3 Å². The van der Waals surface area contributed by atoms with Crippen LogP contribution in [0.15, 0.2) is 36.4 Å². The number of phenols is 1. The van der Waals surface area contributed by atoms with E-state index in [2.05, 4.69) is 12.2 Å². The minimum atomic E-state index is -0.708. The number of rotatable bonds is 1. The fraction of sp³-hybridized carbons (Fsp3) is 0.389. The molecular formula is C18H15NO4. The first kappa shape index (κ1) is 13.0. The van der Waals surface area contributed by atoms with Crippen molar-refractivity contribution < 1.29 is 19.5 Å². The molecule has 0 radical (unpaired) electrons. The van der Waals surface area contributed by atoms with Crippen LogP contribution in [-0.4, -0.2) is 27.7 Å². The first-order valence-corrected chi connectivity index (χ1v) is 7.98. The fourth-order valence-corrected chi connectivity index (χ4v) is 4.93. The van der Waals surface area contributed by atoms with Crippen molar-refractivity contribution in [1.29, 1.82) is 0 Å². The van der Waals surface area contributed by atoms with Crippen LogP contribution in [0.1, 0.15) is 16.8 Å². The molecule has 1 aromatic carbocycles. The number of benzene rings is 1. The monoisotopic (exact) mass is 309 g/mol. The lowest BCUT2D eigenvalue weighted by atomic mass is 9.63. The second-order valence-electron chi connectivity index (χ2n) is 6.99. The molecule has 23 heavy (non-hydrogen) atoms. The molecule has 2 bridgehead atoms. The zero-order chi connectivity index (χ0) is 15.9. The predicted octanol–water partition coefficient (Wildman–Crippen LogP) is 1.59. The van der Waals surface area contributed by atoms with Gasteiger partial charge < -0.3 is 5.11 Å². The highest BCUT2D eigenvalue weighted by Gasteiger charge is 2.67. The van der Waals surface area contributed by atoms with E-state index >= 15 is 0 Å². The van der Waals surface area contributed by atoms with E-state index < -0.39 is 29.6 Å². The van der Waals surface area contributed by atoms with Crippen LogP contribution in [0.4, 0.5) is 0 Å². The summed E-state index contributed by atoms with van der Waals surface area (Å²) < 4.78 is 0. The zero-order valence-electron chi connectivity index (χ0n) is 12.3. The molecule has 1 aliphatic heterocycles. The number of amides is 3. The Labute approximate surface area is 132 Å². The van der Waals surface area contributed by atoms with E-state index in [9.17, 15) is 19.5 Å². The van der Waals surface area contributed by atoms with Crippen LogP contribution in [-0.2, 0) is 9.59 Å². The SMILES string of the molecule is O=C(c1ccccc1O)N1C(=O)[C@@H]2[C@H]3C=C[C@@H]([C@@H]4C[C@H]34)[C@@H]2C1=O. The second-order valence-corrected chi connectivity index (χ2v) is 6.99. The number of allylic oxidation sites excluding steroid dienone is 2. The van der Waals surface area contributed by atoms with Gasteiger partial charge in [0.15, 0.2) is 0 Å². The quantitative estimate of drug-likeness (QED) is 0.631. The van der Waals surface area contributed by atoms with Gasteiger partial charge in [0.1, 0.15) is 5.75 Å². The van der Waals surface area contributed by atoms with Gasteiger partial charge in [0.25, 0.3) is 5.91 Å². The number of imide groups is 3. The lowest BCUT2D eigenvalue weighted by Crippen LogP contribution is -2.40. The molecule has 5 heteroatoms. The predicted molar refractivity (Wildman–Crippen MR) is 79.0 cm³/mol. The Kier molecular flexibility index (Phi) is 2.33. The van der Waals surface area contributed by atoms with Crippen molar-refractivity contribution in [1.82, 2.24) is 4.90 Å². The Morgan fingerprint density at radius 3 is 2.13 bits per heavy atom. The third-order valence-corrected chi connectivity index (χ3v) is 6.00. The standard InChI is InChI=1S/C18H15NO4/c20-13-4-2-1-3-10(13)16(21)19-17(22)14-8-5-6-9(12-7-11(8)12)15(14)18(19)23/h1-6,8-9,11-12,14-15,20H,7H2/t8-,9-,11-,12+,14-,15+/m0/s1. The number of aromatic hydroxyl groups is 1. The summed E-state index contributed by atoms with van der Waals surface area (Å²) in [4.78, 5) is 39.0. The number of hydrogen-bond donors (Lipinski definition) is 1. The Hall–Kier alpha value is -2.43. The van der Waals surface area contributed by atoms with Crippen molar-refractivity contribution >= 4 is 17.7 Å². The fourth-order valence-electron chi connectivity index (χ4n) is 4.93. The van der Waals surface area contributed by atoms with Crippen LogP contribution in [0, 0.1) is 35.5 Å². The molecule has 0 spiro atoms. The Morgan fingerprint density at radius 2 is 1.57 bits per heavy atom. The molecule has 3 amide bonds. The van der Waals surface area contributed by atoms with Gasteiger partial charge in [0.05, 0.1) is 17.4 Å². The minimum absolute atomic E-state index is 0.00156. The molecule has 3 fully saturated rings. The van der Waals surface area contributed by atoms with Gasteiger partial charge in [-0.25, -0.2) is 4.90 Å². The van der Waals surface area contributed by atoms with Gasteiger partial charge >= 0.3 is 0 Å². The van der Waals surface area contributed by atoms with Crippen LogP contribution >= 0.6 is 0 Å². The van der Waals surface area contributed by atoms with Gasteiger partial charge in [0.2, 0.25) is 11.8 Å². The van der Waals surface area contributed by atoms with Gasteiger partial charge in [-0.2, -0.15) is 0 Å². The molecule has 5 aliphatic rings. The van der Waals surface area contributed by atoms with Gasteiger partial charge in [0, 0.05) is 0 Å². The van der Waals surface area contributed by atoms with Crippen molar-refractivity contribution in [3.05, 3.63) is 42.0 Å². The summed E-state index contributed by atoms with van der Waals surface area (Å²) in [7, 11) is 0. The maximum absolute atomic E-state index is 12.8. The third-order valence-electron chi connectivity index (χ3n) is 6.00. The molecule has 6 rings (SSSR count). The smallest absolute Gasteiger partial charge is 0.271 e. The molecule has 0 unspecified atom stereocenters. The summed E-state index contributed by atoms with van der Waals surface area (Å²) in [6, 6.07) is 6.01. The van der Waals surface area contributed by atoms with Gasteiger partial charge in [-0.1, -0.05) is 24.3 Å². The molecule has 1 heterocycles. The van der Waals surface area contributed by atoms with E-state index in [4.69, 9.17) is 0 Å². The number of hydrogen-bond acceptors (Lipinski definition) is 4. The molecule has 1 saturated heterocycles. The molecule has 1 aromatic rings. The van der Waals surface area contributed by atoms with Crippen molar-refractivity contribution in [3.63, 3.8) is 0 Å². The van der Waals surface area contributed by atoms with Crippen molar-refractivity contribution in [2.75, 3.05) is 0 Å². The zero-order valence-corrected chi connectivity index (χ0v) is 12.3. The van der Waals surface area contributed by atoms with Crippen LogP contribution in [0.25, 0.3) is 0 Å². The highest BCUT2D eigenvalue weighted by Crippen LogP contribution is 2.65. The van der Waals surface area contributed by atoms with Crippen molar-refractivity contribution in [2.24, 2.45) is 35.5 Å². The average molecular weight is 309 g/mol. The molecule has 116 valence electrons. The highest BCUT2D eigenvalue weighted by atomic mass is 16.3. The Balaban J connectivity index is 1.55. The topological polar surface area (TPSA) is 74.7 Å². The number of phenolic OH excluding ortho intramolecular Hbond substituents is 1. The van der Waals surface area contributed by atoms with Crippen molar-refractivity contribution in [3.8, 4) is 5.75 Å². The van der Waals surface area contributed by atoms with Crippen LogP contribution in [0.5, 0.6) is 5.75 Å².